The van der Waals surface area contributed by atoms with Crippen molar-refractivity contribution in [3.05, 3.63) is 23.8 Å². The molecular formula is C11H17NO2S. The third-order valence-electron chi connectivity index (χ3n) is 2.22. The summed E-state index contributed by atoms with van der Waals surface area (Å²) in [7, 11) is 0. The number of aromatic hydroxyl groups is 2. The topological polar surface area (TPSA) is 52.5 Å². The van der Waals surface area contributed by atoms with Gasteiger partial charge in [-0.1, -0.05) is 13.0 Å². The lowest BCUT2D eigenvalue weighted by Gasteiger charge is -2.10. The summed E-state index contributed by atoms with van der Waals surface area (Å²) in [6.07, 6.45) is 2.07. The van der Waals surface area contributed by atoms with E-state index in [0.717, 1.165) is 12.1 Å². The van der Waals surface area contributed by atoms with Crippen molar-refractivity contribution in [1.82, 2.24) is 5.32 Å². The molecule has 3 nitrogen and oxygen atoms in total. The van der Waals surface area contributed by atoms with Gasteiger partial charge in [0.05, 0.1) is 0 Å². The molecular weight excluding hydrogens is 210 g/mol. The molecule has 0 aliphatic rings. The maximum Gasteiger partial charge on any atom is 0.123 e. The van der Waals surface area contributed by atoms with Gasteiger partial charge in [0.15, 0.2) is 0 Å². The Morgan fingerprint density at radius 3 is 2.73 bits per heavy atom. The van der Waals surface area contributed by atoms with E-state index in [0.29, 0.717) is 11.8 Å². The minimum absolute atomic E-state index is 0.0914. The van der Waals surface area contributed by atoms with Crippen LogP contribution in [0.2, 0.25) is 0 Å². The Morgan fingerprint density at radius 2 is 2.13 bits per heavy atom. The zero-order valence-electron chi connectivity index (χ0n) is 9.03. The van der Waals surface area contributed by atoms with Gasteiger partial charge in [-0.15, -0.1) is 0 Å². The number of hydrogen-bond donors (Lipinski definition) is 3. The second-order valence-electron chi connectivity index (χ2n) is 3.49. The van der Waals surface area contributed by atoms with E-state index in [9.17, 15) is 5.11 Å². The summed E-state index contributed by atoms with van der Waals surface area (Å²) in [6, 6.07) is 4.66. The maximum absolute atomic E-state index is 9.51. The molecule has 84 valence electrons. The van der Waals surface area contributed by atoms with Crippen LogP contribution in [0.4, 0.5) is 0 Å². The number of phenolic OH excluding ortho intramolecular Hbond substituents is 2. The first-order chi connectivity index (χ1) is 7.13. The molecule has 1 rings (SSSR count). The monoisotopic (exact) mass is 227 g/mol. The molecule has 1 unspecified atom stereocenters. The van der Waals surface area contributed by atoms with Crippen LogP contribution in [0.15, 0.2) is 18.2 Å². The van der Waals surface area contributed by atoms with Crippen molar-refractivity contribution in [2.75, 3.05) is 12.8 Å². The molecule has 4 heteroatoms. The van der Waals surface area contributed by atoms with Crippen molar-refractivity contribution in [3.8, 4) is 11.5 Å². The third-order valence-corrected chi connectivity index (χ3v) is 3.19. The summed E-state index contributed by atoms with van der Waals surface area (Å²) in [5, 5.41) is 22.4. The highest BCUT2D eigenvalue weighted by molar-refractivity contribution is 7.99. The Morgan fingerprint density at radius 1 is 1.40 bits per heavy atom. The van der Waals surface area contributed by atoms with Crippen molar-refractivity contribution < 1.29 is 10.2 Å². The Balaban J connectivity index is 2.44. The molecule has 0 fully saturated rings. The fourth-order valence-electron chi connectivity index (χ4n) is 1.20. The fourth-order valence-corrected chi connectivity index (χ4v) is 1.48. The lowest BCUT2D eigenvalue weighted by atomic mass is 10.2. The van der Waals surface area contributed by atoms with E-state index in [1.807, 2.05) is 0 Å². The summed E-state index contributed by atoms with van der Waals surface area (Å²) in [5.41, 5.74) is 0.807. The first-order valence-corrected chi connectivity index (χ1v) is 6.16. The van der Waals surface area contributed by atoms with Gasteiger partial charge in [0.1, 0.15) is 11.5 Å². The molecule has 0 saturated heterocycles. The van der Waals surface area contributed by atoms with E-state index >= 15 is 0 Å². The van der Waals surface area contributed by atoms with Crippen molar-refractivity contribution in [2.24, 2.45) is 0 Å². The van der Waals surface area contributed by atoms with Gasteiger partial charge >= 0.3 is 0 Å². The normalized spacial score (nSPS) is 12.7. The summed E-state index contributed by atoms with van der Waals surface area (Å²) >= 11 is 1.80. The number of rotatable bonds is 5. The second kappa shape index (κ2) is 5.88. The molecule has 15 heavy (non-hydrogen) atoms. The van der Waals surface area contributed by atoms with Gasteiger partial charge in [-0.3, -0.25) is 0 Å². The number of benzene rings is 1. The lowest BCUT2D eigenvalue weighted by molar-refractivity contribution is 0.444. The Hall–Kier alpha value is -0.870. The molecule has 0 amide bonds. The van der Waals surface area contributed by atoms with Gasteiger partial charge in [-0.2, -0.15) is 11.8 Å². The highest BCUT2D eigenvalue weighted by Crippen LogP contribution is 2.22. The molecule has 1 aromatic rings. The fraction of sp³-hybridized carbons (Fsp3) is 0.455. The van der Waals surface area contributed by atoms with E-state index in [1.54, 1.807) is 23.9 Å². The van der Waals surface area contributed by atoms with E-state index in [1.165, 1.54) is 6.07 Å². The van der Waals surface area contributed by atoms with Gasteiger partial charge in [0.25, 0.3) is 0 Å². The number of nitrogens with one attached hydrogen (secondary N) is 1. The summed E-state index contributed by atoms with van der Waals surface area (Å²) in [6.45, 7) is 3.67. The first-order valence-electron chi connectivity index (χ1n) is 4.88. The zero-order chi connectivity index (χ0) is 11.3. The molecule has 0 spiro atoms. The van der Waals surface area contributed by atoms with Crippen LogP contribution in [0, 0.1) is 0 Å². The minimum Gasteiger partial charge on any atom is -0.508 e. The van der Waals surface area contributed by atoms with Gasteiger partial charge < -0.3 is 15.5 Å². The van der Waals surface area contributed by atoms with Crippen LogP contribution < -0.4 is 5.32 Å². The molecule has 0 radical (unpaired) electrons. The predicted molar refractivity (Wildman–Crippen MR) is 64.5 cm³/mol. The number of phenols is 2. The standard InChI is InChI=1S/C11H17NO2S/c1-8(15-2)6-12-7-9-3-4-10(13)5-11(9)14/h3-5,8,12-14H,6-7H2,1-2H3. The van der Waals surface area contributed by atoms with E-state index in [4.69, 9.17) is 5.11 Å². The smallest absolute Gasteiger partial charge is 0.123 e. The maximum atomic E-state index is 9.51. The van der Waals surface area contributed by atoms with Crippen molar-refractivity contribution in [2.45, 2.75) is 18.7 Å². The highest BCUT2D eigenvalue weighted by atomic mass is 32.2. The van der Waals surface area contributed by atoms with Crippen LogP contribution >= 0.6 is 11.8 Å². The van der Waals surface area contributed by atoms with E-state index in [-0.39, 0.29) is 11.5 Å². The van der Waals surface area contributed by atoms with Crippen LogP contribution in [-0.2, 0) is 6.54 Å². The Kier molecular flexibility index (Phi) is 4.78. The van der Waals surface area contributed by atoms with E-state index in [2.05, 4.69) is 18.5 Å². The SMILES string of the molecule is CSC(C)CNCc1ccc(O)cc1O. The zero-order valence-corrected chi connectivity index (χ0v) is 9.84. The van der Waals surface area contributed by atoms with Gasteiger partial charge in [0, 0.05) is 30.0 Å². The average molecular weight is 227 g/mol. The molecule has 1 aromatic carbocycles. The largest absolute Gasteiger partial charge is 0.508 e. The molecule has 0 aromatic heterocycles. The van der Waals surface area contributed by atoms with Gasteiger partial charge in [-0.25, -0.2) is 0 Å². The van der Waals surface area contributed by atoms with Crippen molar-refractivity contribution >= 4 is 11.8 Å². The van der Waals surface area contributed by atoms with Gasteiger partial charge in [-0.05, 0) is 12.3 Å². The summed E-state index contributed by atoms with van der Waals surface area (Å²) < 4.78 is 0. The average Bonchev–Trinajstić information content (AvgIpc) is 2.21. The molecule has 3 N–H and O–H groups in total. The Bertz CT molecular complexity index is 317. The van der Waals surface area contributed by atoms with E-state index < -0.39 is 0 Å². The van der Waals surface area contributed by atoms with Crippen LogP contribution in [0.1, 0.15) is 12.5 Å². The van der Waals surface area contributed by atoms with Gasteiger partial charge in [0.2, 0.25) is 0 Å². The highest BCUT2D eigenvalue weighted by Gasteiger charge is 2.03. The van der Waals surface area contributed by atoms with Crippen molar-refractivity contribution in [3.63, 3.8) is 0 Å². The van der Waals surface area contributed by atoms with Crippen LogP contribution in [0.3, 0.4) is 0 Å². The second-order valence-corrected chi connectivity index (χ2v) is 4.77. The Labute approximate surface area is 94.5 Å². The van der Waals surface area contributed by atoms with Crippen LogP contribution in [0.25, 0.3) is 0 Å². The number of hydrogen-bond acceptors (Lipinski definition) is 4. The first kappa shape index (κ1) is 12.2. The summed E-state index contributed by atoms with van der Waals surface area (Å²) in [5.74, 6) is 0.230. The molecule has 0 aliphatic carbocycles. The molecule has 0 aliphatic heterocycles. The number of thioether (sulfide) groups is 1. The predicted octanol–water partition coefficient (Wildman–Crippen LogP) is 1.94. The summed E-state index contributed by atoms with van der Waals surface area (Å²) in [4.78, 5) is 0. The molecule has 0 bridgehead atoms. The minimum atomic E-state index is 0.0914. The van der Waals surface area contributed by atoms with Crippen LogP contribution in [-0.4, -0.2) is 28.3 Å². The molecule has 1 atom stereocenters. The quantitative estimate of drug-likeness (QED) is 0.719. The lowest BCUT2D eigenvalue weighted by Crippen LogP contribution is -2.22. The molecule has 0 saturated carbocycles. The van der Waals surface area contributed by atoms with Crippen molar-refractivity contribution in [1.29, 1.82) is 0 Å². The molecule has 0 heterocycles. The third kappa shape index (κ3) is 4.01. The van der Waals surface area contributed by atoms with Crippen LogP contribution in [0.5, 0.6) is 11.5 Å².